The maximum Gasteiger partial charge on any atom is 0.146 e. The van der Waals surface area contributed by atoms with Crippen molar-refractivity contribution in [2.45, 2.75) is 24.3 Å². The van der Waals surface area contributed by atoms with Gasteiger partial charge in [0.15, 0.2) is 0 Å². The van der Waals surface area contributed by atoms with Crippen LogP contribution in [-0.4, -0.2) is 32.1 Å². The van der Waals surface area contributed by atoms with Crippen molar-refractivity contribution < 1.29 is 14.0 Å². The van der Waals surface area contributed by atoms with Gasteiger partial charge in [0.1, 0.15) is 7.14 Å². The van der Waals surface area contributed by atoms with Crippen LogP contribution in [0.15, 0.2) is 97.1 Å². The zero-order chi connectivity index (χ0) is 21.7. The van der Waals surface area contributed by atoms with Crippen molar-refractivity contribution in [1.29, 1.82) is 0 Å². The zero-order valence-electron chi connectivity index (χ0n) is 18.0. The molecule has 1 saturated carbocycles. The van der Waals surface area contributed by atoms with Crippen molar-refractivity contribution in [1.82, 2.24) is 0 Å². The van der Waals surface area contributed by atoms with Crippen molar-refractivity contribution in [3.8, 4) is 0 Å². The lowest BCUT2D eigenvalue weighted by Crippen LogP contribution is -2.32. The number of hydrogen-bond acceptors (Lipinski definition) is 3. The van der Waals surface area contributed by atoms with Crippen molar-refractivity contribution in [2.75, 3.05) is 14.2 Å². The molecule has 0 unspecified atom stereocenters. The minimum absolute atomic E-state index is 0.0404. The predicted molar refractivity (Wildman–Crippen MR) is 129 cm³/mol. The van der Waals surface area contributed by atoms with Gasteiger partial charge in [-0.3, -0.25) is 0 Å². The fraction of sp³-hybridized carbons (Fsp3) is 0.259. The van der Waals surface area contributed by atoms with Gasteiger partial charge in [0.2, 0.25) is 0 Å². The van der Waals surface area contributed by atoms with Gasteiger partial charge in [-0.05, 0) is 12.0 Å². The summed E-state index contributed by atoms with van der Waals surface area (Å²) in [5, 5.41) is 1.77. The molecule has 4 rings (SSSR count). The first-order valence-corrected chi connectivity index (χ1v) is 12.5. The third-order valence-electron chi connectivity index (χ3n) is 6.30. The van der Waals surface area contributed by atoms with Crippen LogP contribution < -0.4 is 10.6 Å². The highest BCUT2D eigenvalue weighted by Gasteiger charge is 2.51. The maximum absolute atomic E-state index is 15.0. The zero-order valence-corrected chi connectivity index (χ0v) is 18.9. The molecule has 0 heterocycles. The van der Waals surface area contributed by atoms with Crippen LogP contribution >= 0.6 is 7.14 Å². The van der Waals surface area contributed by atoms with Crippen LogP contribution in [0.25, 0.3) is 6.08 Å². The van der Waals surface area contributed by atoms with Crippen molar-refractivity contribution >= 4 is 23.8 Å². The Hall–Kier alpha value is -2.45. The molecule has 0 N–H and O–H groups in total. The molecule has 160 valence electrons. The summed E-state index contributed by atoms with van der Waals surface area (Å²) in [6.07, 6.45) is 4.70. The number of methoxy groups -OCH3 is 2. The van der Waals surface area contributed by atoms with Gasteiger partial charge in [0, 0.05) is 36.4 Å². The third kappa shape index (κ3) is 4.32. The molecule has 3 nitrogen and oxygen atoms in total. The molecule has 0 bridgehead atoms. The van der Waals surface area contributed by atoms with Gasteiger partial charge in [0.25, 0.3) is 0 Å². The first-order chi connectivity index (χ1) is 15.2. The highest BCUT2D eigenvalue weighted by molar-refractivity contribution is 7.79. The molecule has 0 saturated heterocycles. The second-order valence-corrected chi connectivity index (χ2v) is 11.0. The van der Waals surface area contributed by atoms with Crippen LogP contribution in [0.5, 0.6) is 0 Å². The Kier molecular flexibility index (Phi) is 6.87. The minimum atomic E-state index is -2.96. The lowest BCUT2D eigenvalue weighted by atomic mass is 10.0. The molecule has 4 atom stereocenters. The summed E-state index contributed by atoms with van der Waals surface area (Å²) in [6, 6.07) is 30.0. The summed E-state index contributed by atoms with van der Waals surface area (Å²) in [5.74, 6) is -0.0404. The summed E-state index contributed by atoms with van der Waals surface area (Å²) < 4.78 is 26.7. The Balaban J connectivity index is 1.83. The Labute approximate surface area is 185 Å². The highest BCUT2D eigenvalue weighted by atomic mass is 31.2. The maximum atomic E-state index is 15.0. The Morgan fingerprint density at radius 3 is 1.77 bits per heavy atom. The number of ether oxygens (including phenoxy) is 2. The molecule has 3 aromatic rings. The van der Waals surface area contributed by atoms with Gasteiger partial charge in [-0.15, -0.1) is 0 Å². The molecule has 0 amide bonds. The predicted octanol–water partition coefficient (Wildman–Crippen LogP) is 5.13. The largest absolute Gasteiger partial charge is 0.379 e. The van der Waals surface area contributed by atoms with E-state index in [0.717, 1.165) is 16.2 Å². The fourth-order valence-electron chi connectivity index (χ4n) is 4.78. The van der Waals surface area contributed by atoms with E-state index >= 15 is 4.57 Å². The first-order valence-electron chi connectivity index (χ1n) is 10.7. The van der Waals surface area contributed by atoms with Crippen LogP contribution in [0.3, 0.4) is 0 Å². The van der Waals surface area contributed by atoms with Gasteiger partial charge in [-0.2, -0.15) is 0 Å². The molecule has 0 aromatic heterocycles. The van der Waals surface area contributed by atoms with Crippen LogP contribution in [0.2, 0.25) is 0 Å². The SMILES string of the molecule is CO[C@H]1[C@H](/C=C/c2ccccc2)[C@@H](P(=O)(c2ccccc2)c2ccccc2)C[C@@H]1OC. The van der Waals surface area contributed by atoms with Crippen LogP contribution in [0.4, 0.5) is 0 Å². The third-order valence-corrected chi connectivity index (χ3v) is 9.92. The standard InChI is InChI=1S/C27H29O3P/c1-29-25-20-26(24(27(25)30-2)19-18-21-12-6-3-7-13-21)31(28,22-14-8-4-9-15-22)23-16-10-5-11-17-23/h3-19,24-27H,20H2,1-2H3/b19-18+/t24-,25+,26+,27+/m1/s1. The molecule has 1 aliphatic carbocycles. The molecule has 31 heavy (non-hydrogen) atoms. The quantitative estimate of drug-likeness (QED) is 0.486. The van der Waals surface area contributed by atoms with E-state index in [1.54, 1.807) is 14.2 Å². The Morgan fingerprint density at radius 1 is 0.774 bits per heavy atom. The molecule has 0 spiro atoms. The number of hydrogen-bond donors (Lipinski definition) is 0. The molecule has 4 heteroatoms. The lowest BCUT2D eigenvalue weighted by Gasteiger charge is -2.30. The van der Waals surface area contributed by atoms with E-state index in [4.69, 9.17) is 9.47 Å². The van der Waals surface area contributed by atoms with Gasteiger partial charge >= 0.3 is 0 Å². The minimum Gasteiger partial charge on any atom is -0.379 e. The molecular weight excluding hydrogens is 403 g/mol. The molecule has 1 aliphatic rings. The average molecular weight is 433 g/mol. The van der Waals surface area contributed by atoms with E-state index in [0.29, 0.717) is 6.42 Å². The fourth-order valence-corrected chi connectivity index (χ4v) is 8.33. The second-order valence-electron chi connectivity index (χ2n) is 7.95. The van der Waals surface area contributed by atoms with Gasteiger partial charge < -0.3 is 14.0 Å². The highest BCUT2D eigenvalue weighted by Crippen LogP contribution is 2.57. The topological polar surface area (TPSA) is 35.5 Å². The van der Waals surface area contributed by atoms with E-state index in [-0.39, 0.29) is 23.8 Å². The van der Waals surface area contributed by atoms with Gasteiger partial charge in [-0.1, -0.05) is 103 Å². The van der Waals surface area contributed by atoms with Crippen molar-refractivity contribution in [3.63, 3.8) is 0 Å². The normalized spacial score (nSPS) is 23.9. The summed E-state index contributed by atoms with van der Waals surface area (Å²) in [7, 11) is 0.474. The van der Waals surface area contributed by atoms with E-state index in [1.807, 2.05) is 78.9 Å². The van der Waals surface area contributed by atoms with Crippen LogP contribution in [0, 0.1) is 5.92 Å². The van der Waals surface area contributed by atoms with E-state index < -0.39 is 7.14 Å². The van der Waals surface area contributed by atoms with E-state index in [2.05, 4.69) is 24.3 Å². The smallest absolute Gasteiger partial charge is 0.146 e. The number of benzene rings is 3. The molecule has 1 fully saturated rings. The summed E-state index contributed by atoms with van der Waals surface area (Å²) in [5.41, 5.74) is 0.999. The Morgan fingerprint density at radius 2 is 1.29 bits per heavy atom. The van der Waals surface area contributed by atoms with Gasteiger partial charge in [0.05, 0.1) is 12.2 Å². The number of rotatable bonds is 7. The Bertz CT molecular complexity index is 990. The van der Waals surface area contributed by atoms with Crippen LogP contribution in [0.1, 0.15) is 12.0 Å². The lowest BCUT2D eigenvalue weighted by molar-refractivity contribution is -0.0269. The van der Waals surface area contributed by atoms with E-state index in [1.165, 1.54) is 0 Å². The molecule has 3 aromatic carbocycles. The average Bonchev–Trinajstić information content (AvgIpc) is 3.22. The second kappa shape index (κ2) is 9.78. The summed E-state index contributed by atoms with van der Waals surface area (Å²) in [4.78, 5) is 0. The van der Waals surface area contributed by atoms with E-state index in [9.17, 15) is 0 Å². The summed E-state index contributed by atoms with van der Waals surface area (Å²) in [6.45, 7) is 0. The monoisotopic (exact) mass is 432 g/mol. The van der Waals surface area contributed by atoms with Crippen molar-refractivity contribution in [2.24, 2.45) is 5.92 Å². The molecule has 0 radical (unpaired) electrons. The van der Waals surface area contributed by atoms with Crippen LogP contribution in [-0.2, 0) is 14.0 Å². The molecule has 0 aliphatic heterocycles. The summed E-state index contributed by atoms with van der Waals surface area (Å²) >= 11 is 0. The molecular formula is C27H29O3P. The van der Waals surface area contributed by atoms with Gasteiger partial charge in [-0.25, -0.2) is 0 Å². The first kappa shape index (κ1) is 21.8. The van der Waals surface area contributed by atoms with Crippen molar-refractivity contribution in [3.05, 3.63) is 103 Å².